The quantitative estimate of drug-likeness (QED) is 0.668. The van der Waals surface area contributed by atoms with E-state index in [1.165, 1.54) is 16.6 Å². The van der Waals surface area contributed by atoms with Gasteiger partial charge in [0.15, 0.2) is 0 Å². The second-order valence-electron chi connectivity index (χ2n) is 6.51. The van der Waals surface area contributed by atoms with E-state index in [0.29, 0.717) is 38.5 Å². The molecule has 0 spiro atoms. The third kappa shape index (κ3) is 5.40. The number of aryl methyl sites for hydroxylation is 1. The van der Waals surface area contributed by atoms with E-state index in [1.807, 2.05) is 36.6 Å². The topological polar surface area (TPSA) is 79.8 Å². The Morgan fingerprint density at radius 3 is 2.61 bits per heavy atom. The monoisotopic (exact) mass is 421 g/mol. The summed E-state index contributed by atoms with van der Waals surface area (Å²) in [6.45, 7) is 3.74. The minimum absolute atomic E-state index is 0.141. The lowest BCUT2D eigenvalue weighted by molar-refractivity contribution is -0.127. The Morgan fingerprint density at radius 2 is 1.96 bits per heavy atom. The Labute approximate surface area is 169 Å². The molecule has 0 aliphatic carbocycles. The second kappa shape index (κ2) is 8.85. The van der Waals surface area contributed by atoms with Crippen molar-refractivity contribution in [2.24, 2.45) is 0 Å². The van der Waals surface area contributed by atoms with Gasteiger partial charge in [0.25, 0.3) is 0 Å². The minimum atomic E-state index is -3.21. The van der Waals surface area contributed by atoms with E-state index < -0.39 is 10.0 Å². The van der Waals surface area contributed by atoms with Gasteiger partial charge >= 0.3 is 0 Å². The van der Waals surface area contributed by atoms with E-state index >= 15 is 0 Å². The van der Waals surface area contributed by atoms with Crippen LogP contribution in [0, 0.1) is 6.92 Å². The average molecular weight is 422 g/mol. The number of aromatic nitrogens is 1. The zero-order valence-electron chi connectivity index (χ0n) is 15.9. The molecule has 28 heavy (non-hydrogen) atoms. The molecule has 0 radical (unpaired) electrons. The molecule has 1 fully saturated rings. The molecular weight excluding hydrogens is 398 g/mol. The Bertz CT molecular complexity index is 961. The molecule has 1 aliphatic heterocycles. The highest BCUT2D eigenvalue weighted by atomic mass is 32.2. The molecule has 0 unspecified atom stereocenters. The molecular formula is C19H23N3O4S2. The van der Waals surface area contributed by atoms with Crippen LogP contribution < -0.4 is 4.74 Å². The van der Waals surface area contributed by atoms with Gasteiger partial charge < -0.3 is 9.64 Å². The van der Waals surface area contributed by atoms with E-state index in [2.05, 4.69) is 4.98 Å². The van der Waals surface area contributed by atoms with Gasteiger partial charge in [-0.3, -0.25) is 4.79 Å². The van der Waals surface area contributed by atoms with E-state index in [1.54, 1.807) is 22.3 Å². The smallest absolute Gasteiger partial charge is 0.246 e. The van der Waals surface area contributed by atoms with E-state index in [0.717, 1.165) is 16.3 Å². The number of thiazole rings is 1. The molecule has 0 N–H and O–H groups in total. The fourth-order valence-electron chi connectivity index (χ4n) is 2.88. The Hall–Kier alpha value is -2.23. The predicted molar refractivity (Wildman–Crippen MR) is 110 cm³/mol. The fourth-order valence-corrected chi connectivity index (χ4v) is 4.31. The Balaban J connectivity index is 1.60. The number of hydrogen-bond acceptors (Lipinski definition) is 6. The number of rotatable bonds is 6. The third-order valence-corrected chi connectivity index (χ3v) is 6.51. The van der Waals surface area contributed by atoms with Crippen LogP contribution in [0.25, 0.3) is 6.08 Å². The van der Waals surface area contributed by atoms with Crippen molar-refractivity contribution in [3.63, 3.8) is 0 Å². The van der Waals surface area contributed by atoms with Crippen LogP contribution in [0.3, 0.4) is 0 Å². The lowest BCUT2D eigenvalue weighted by atomic mass is 10.2. The van der Waals surface area contributed by atoms with Crippen LogP contribution >= 0.6 is 11.3 Å². The van der Waals surface area contributed by atoms with Gasteiger partial charge in [-0.05, 0) is 19.1 Å². The maximum Gasteiger partial charge on any atom is 0.246 e. The number of ether oxygens (including phenoxy) is 1. The van der Waals surface area contributed by atoms with Gasteiger partial charge in [0.2, 0.25) is 15.9 Å². The number of benzene rings is 1. The molecule has 1 aliphatic rings. The van der Waals surface area contributed by atoms with Crippen molar-refractivity contribution < 1.29 is 17.9 Å². The van der Waals surface area contributed by atoms with E-state index in [-0.39, 0.29) is 5.91 Å². The molecule has 3 rings (SSSR count). The zero-order valence-corrected chi connectivity index (χ0v) is 17.5. The number of carbonyl (C=O) groups excluding carboxylic acids is 1. The highest BCUT2D eigenvalue weighted by Gasteiger charge is 2.24. The number of piperazine rings is 1. The highest BCUT2D eigenvalue weighted by molar-refractivity contribution is 7.88. The van der Waals surface area contributed by atoms with E-state index in [9.17, 15) is 13.2 Å². The van der Waals surface area contributed by atoms with Crippen LogP contribution in [-0.4, -0.2) is 60.9 Å². The van der Waals surface area contributed by atoms with Crippen molar-refractivity contribution in [2.45, 2.75) is 13.5 Å². The van der Waals surface area contributed by atoms with Gasteiger partial charge in [-0.25, -0.2) is 13.4 Å². The standard InChI is InChI=1S/C19H23N3O4S2/c1-15-20-17(14-27-15)13-26-18-6-4-3-5-16(18)7-8-19(23)21-9-11-22(12-10-21)28(2,24)25/h3-8,14H,9-13H2,1-2H3. The van der Waals surface area contributed by atoms with Crippen molar-refractivity contribution in [1.82, 2.24) is 14.2 Å². The summed E-state index contributed by atoms with van der Waals surface area (Å²) in [4.78, 5) is 18.5. The van der Waals surface area contributed by atoms with Crippen LogP contribution in [-0.2, 0) is 21.4 Å². The molecule has 0 saturated carbocycles. The summed E-state index contributed by atoms with van der Waals surface area (Å²) in [7, 11) is -3.21. The molecule has 2 heterocycles. The molecule has 0 atom stereocenters. The second-order valence-corrected chi connectivity index (χ2v) is 9.55. The van der Waals surface area contributed by atoms with Crippen LogP contribution in [0.4, 0.5) is 0 Å². The summed E-state index contributed by atoms with van der Waals surface area (Å²) in [6, 6.07) is 7.50. The molecule has 150 valence electrons. The van der Waals surface area contributed by atoms with Crippen LogP contribution in [0.1, 0.15) is 16.3 Å². The van der Waals surface area contributed by atoms with Gasteiger partial charge in [0.1, 0.15) is 12.4 Å². The number of sulfonamides is 1. The first-order chi connectivity index (χ1) is 13.3. The molecule has 9 heteroatoms. The molecule has 0 bridgehead atoms. The van der Waals surface area contributed by atoms with Crippen molar-refractivity contribution in [2.75, 3.05) is 32.4 Å². The third-order valence-electron chi connectivity index (χ3n) is 4.39. The molecule has 2 aromatic rings. The number of carbonyl (C=O) groups is 1. The number of para-hydroxylation sites is 1. The molecule has 1 aromatic carbocycles. The van der Waals surface area contributed by atoms with Crippen LogP contribution in [0.5, 0.6) is 5.75 Å². The largest absolute Gasteiger partial charge is 0.487 e. The highest BCUT2D eigenvalue weighted by Crippen LogP contribution is 2.21. The summed E-state index contributed by atoms with van der Waals surface area (Å²) in [5.74, 6) is 0.539. The van der Waals surface area contributed by atoms with Gasteiger partial charge in [-0.15, -0.1) is 11.3 Å². The summed E-state index contributed by atoms with van der Waals surface area (Å²) in [5, 5.41) is 2.96. The van der Waals surface area contributed by atoms with Crippen molar-refractivity contribution in [3.05, 3.63) is 52.0 Å². The number of nitrogens with zero attached hydrogens (tertiary/aromatic N) is 3. The minimum Gasteiger partial charge on any atom is -0.487 e. The molecule has 1 aromatic heterocycles. The van der Waals surface area contributed by atoms with Crippen LogP contribution in [0.2, 0.25) is 0 Å². The average Bonchev–Trinajstić information content (AvgIpc) is 3.09. The molecule has 1 saturated heterocycles. The lowest BCUT2D eigenvalue weighted by Crippen LogP contribution is -2.49. The summed E-state index contributed by atoms with van der Waals surface area (Å²) in [5.41, 5.74) is 1.68. The predicted octanol–water partition coefficient (Wildman–Crippen LogP) is 2.15. The maximum absolute atomic E-state index is 12.4. The number of hydrogen-bond donors (Lipinski definition) is 0. The van der Waals surface area contributed by atoms with Crippen LogP contribution in [0.15, 0.2) is 35.7 Å². The summed E-state index contributed by atoms with van der Waals surface area (Å²) in [6.07, 6.45) is 4.42. The maximum atomic E-state index is 12.4. The first kappa shape index (κ1) is 20.5. The first-order valence-corrected chi connectivity index (χ1v) is 11.6. The summed E-state index contributed by atoms with van der Waals surface area (Å²) >= 11 is 1.58. The zero-order chi connectivity index (χ0) is 20.1. The number of amides is 1. The normalized spacial score (nSPS) is 15.9. The molecule has 7 nitrogen and oxygen atoms in total. The Kier molecular flexibility index (Phi) is 6.48. The SMILES string of the molecule is Cc1nc(COc2ccccc2C=CC(=O)N2CCN(S(C)(=O)=O)CC2)cs1. The van der Waals surface area contributed by atoms with Crippen molar-refractivity contribution in [3.8, 4) is 5.75 Å². The van der Waals surface area contributed by atoms with Gasteiger partial charge in [-0.2, -0.15) is 4.31 Å². The van der Waals surface area contributed by atoms with E-state index in [4.69, 9.17) is 4.74 Å². The first-order valence-electron chi connectivity index (χ1n) is 8.88. The molecule has 1 amide bonds. The van der Waals surface area contributed by atoms with Gasteiger partial charge in [0.05, 0.1) is 17.0 Å². The fraction of sp³-hybridized carbons (Fsp3) is 0.368. The van der Waals surface area contributed by atoms with Gasteiger partial charge in [-0.1, -0.05) is 18.2 Å². The van der Waals surface area contributed by atoms with Gasteiger partial charge in [0, 0.05) is 43.2 Å². The Morgan fingerprint density at radius 1 is 1.25 bits per heavy atom. The lowest BCUT2D eigenvalue weighted by Gasteiger charge is -2.32. The van der Waals surface area contributed by atoms with Crippen molar-refractivity contribution in [1.29, 1.82) is 0 Å². The summed E-state index contributed by atoms with van der Waals surface area (Å²) < 4.78 is 30.4. The van der Waals surface area contributed by atoms with Crippen molar-refractivity contribution >= 4 is 33.3 Å².